The summed E-state index contributed by atoms with van der Waals surface area (Å²) in [4.78, 5) is 0. The second-order valence-electron chi connectivity index (χ2n) is 4.00. The third-order valence-electron chi connectivity index (χ3n) is 3.13. The van der Waals surface area contributed by atoms with E-state index in [1.807, 2.05) is 12.4 Å². The summed E-state index contributed by atoms with van der Waals surface area (Å²) in [5, 5.41) is 12.6. The molecule has 1 aromatic heterocycles. The van der Waals surface area contributed by atoms with Gasteiger partial charge in [0.15, 0.2) is 6.23 Å². The van der Waals surface area contributed by atoms with E-state index < -0.39 is 6.23 Å². The first-order valence-electron chi connectivity index (χ1n) is 5.20. The van der Waals surface area contributed by atoms with Gasteiger partial charge in [-0.05, 0) is 37.3 Å². The van der Waals surface area contributed by atoms with E-state index in [0.717, 1.165) is 18.5 Å². The molecule has 1 unspecified atom stereocenters. The molecule has 1 aromatic rings. The van der Waals surface area contributed by atoms with Crippen molar-refractivity contribution in [2.45, 2.75) is 31.9 Å². The van der Waals surface area contributed by atoms with Crippen LogP contribution in [0.25, 0.3) is 6.20 Å². The van der Waals surface area contributed by atoms with Gasteiger partial charge in [-0.25, -0.2) is 0 Å². The molecule has 0 saturated carbocycles. The van der Waals surface area contributed by atoms with E-state index in [1.54, 1.807) is 0 Å². The Balaban J connectivity index is 2.16. The zero-order valence-corrected chi connectivity index (χ0v) is 8.03. The summed E-state index contributed by atoms with van der Waals surface area (Å²) in [6.07, 6.45) is 8.14. The van der Waals surface area contributed by atoms with Crippen molar-refractivity contribution >= 4 is 6.20 Å². The lowest BCUT2D eigenvalue weighted by Gasteiger charge is -2.19. The third kappa shape index (κ3) is 1.02. The molecule has 2 aliphatic rings. The Hall–Kier alpha value is -1.22. The first-order chi connectivity index (χ1) is 6.86. The van der Waals surface area contributed by atoms with Gasteiger partial charge >= 0.3 is 0 Å². The minimum absolute atomic E-state index is 0.536. The highest BCUT2D eigenvalue weighted by atomic mass is 16.3. The Kier molecular flexibility index (Phi) is 1.67. The Labute approximate surface area is 83.0 Å². The Morgan fingerprint density at radius 3 is 3.14 bits per heavy atom. The zero-order chi connectivity index (χ0) is 9.54. The first-order valence-corrected chi connectivity index (χ1v) is 5.20. The van der Waals surface area contributed by atoms with Crippen LogP contribution in [0.15, 0.2) is 12.3 Å². The number of aliphatic hydroxyl groups excluding tert-OH is 1. The van der Waals surface area contributed by atoms with Gasteiger partial charge in [-0.1, -0.05) is 0 Å². The molecule has 74 valence electrons. The number of rotatable bonds is 0. The van der Waals surface area contributed by atoms with Gasteiger partial charge in [0.1, 0.15) is 0 Å². The highest BCUT2D eigenvalue weighted by Gasteiger charge is 2.22. The van der Waals surface area contributed by atoms with Crippen molar-refractivity contribution in [2.75, 3.05) is 0 Å². The minimum Gasteiger partial charge on any atom is -0.368 e. The fraction of sp³-hybridized carbons (Fsp3) is 0.455. The minimum atomic E-state index is -0.536. The van der Waals surface area contributed by atoms with Crippen LogP contribution in [0.2, 0.25) is 0 Å². The largest absolute Gasteiger partial charge is 0.368 e. The first kappa shape index (κ1) is 8.12. The summed E-state index contributed by atoms with van der Waals surface area (Å²) in [6.45, 7) is 0. The quantitative estimate of drug-likeness (QED) is 0.648. The van der Waals surface area contributed by atoms with Gasteiger partial charge in [0.25, 0.3) is 0 Å². The average molecular weight is 190 g/mol. The maximum Gasteiger partial charge on any atom is 0.166 e. The van der Waals surface area contributed by atoms with Crippen LogP contribution in [0.3, 0.4) is 0 Å². The molecule has 0 amide bonds. The van der Waals surface area contributed by atoms with Crippen molar-refractivity contribution in [1.82, 2.24) is 9.88 Å². The maximum absolute atomic E-state index is 9.73. The third-order valence-corrected chi connectivity index (χ3v) is 3.13. The lowest BCUT2D eigenvalue weighted by Crippen LogP contribution is -2.22. The van der Waals surface area contributed by atoms with Gasteiger partial charge < -0.3 is 15.0 Å². The SMILES string of the molecule is OC1NC=Cn2c1cc1c2CCCC1. The predicted octanol–water partition coefficient (Wildman–Crippen LogP) is 1.39. The van der Waals surface area contributed by atoms with Gasteiger partial charge in [0.2, 0.25) is 0 Å². The molecule has 0 bridgehead atoms. The van der Waals surface area contributed by atoms with Crippen LogP contribution < -0.4 is 5.32 Å². The highest BCUT2D eigenvalue weighted by Crippen LogP contribution is 2.29. The molecule has 1 aliphatic carbocycles. The van der Waals surface area contributed by atoms with Gasteiger partial charge in [0, 0.05) is 18.1 Å². The van der Waals surface area contributed by atoms with Crippen LogP contribution in [-0.4, -0.2) is 9.67 Å². The Bertz CT molecular complexity index is 392. The van der Waals surface area contributed by atoms with Crippen molar-refractivity contribution in [3.8, 4) is 0 Å². The number of aliphatic hydroxyl groups is 1. The Morgan fingerprint density at radius 1 is 1.36 bits per heavy atom. The molecule has 0 spiro atoms. The van der Waals surface area contributed by atoms with Gasteiger partial charge in [-0.2, -0.15) is 0 Å². The fourth-order valence-corrected chi connectivity index (χ4v) is 2.43. The number of nitrogens with zero attached hydrogens (tertiary/aromatic N) is 1. The molecule has 14 heavy (non-hydrogen) atoms. The zero-order valence-electron chi connectivity index (χ0n) is 8.03. The van der Waals surface area contributed by atoms with E-state index in [-0.39, 0.29) is 0 Å². The monoisotopic (exact) mass is 190 g/mol. The fourth-order valence-electron chi connectivity index (χ4n) is 2.43. The van der Waals surface area contributed by atoms with Crippen molar-refractivity contribution in [3.63, 3.8) is 0 Å². The van der Waals surface area contributed by atoms with Crippen molar-refractivity contribution < 1.29 is 5.11 Å². The predicted molar refractivity (Wildman–Crippen MR) is 54.5 cm³/mol. The van der Waals surface area contributed by atoms with Crippen LogP contribution in [0, 0.1) is 0 Å². The second-order valence-corrected chi connectivity index (χ2v) is 4.00. The number of fused-ring (bicyclic) bond motifs is 3. The molecule has 1 aliphatic heterocycles. The molecule has 0 radical (unpaired) electrons. The molecule has 0 saturated heterocycles. The molecule has 3 heteroatoms. The molecular formula is C11H14N2O. The van der Waals surface area contributed by atoms with Crippen LogP contribution in [0.1, 0.15) is 36.0 Å². The summed E-state index contributed by atoms with van der Waals surface area (Å²) in [7, 11) is 0. The molecular weight excluding hydrogens is 176 g/mol. The van der Waals surface area contributed by atoms with Gasteiger partial charge in [-0.15, -0.1) is 0 Å². The molecule has 2 heterocycles. The van der Waals surface area contributed by atoms with Gasteiger partial charge in [-0.3, -0.25) is 0 Å². The van der Waals surface area contributed by atoms with Crippen molar-refractivity contribution in [1.29, 1.82) is 0 Å². The van der Waals surface area contributed by atoms with Crippen molar-refractivity contribution in [2.24, 2.45) is 0 Å². The summed E-state index contributed by atoms with van der Waals surface area (Å²) in [5.41, 5.74) is 3.79. The number of nitrogens with one attached hydrogen (secondary N) is 1. The van der Waals surface area contributed by atoms with Crippen LogP contribution >= 0.6 is 0 Å². The average Bonchev–Trinajstić information content (AvgIpc) is 2.59. The van der Waals surface area contributed by atoms with E-state index in [4.69, 9.17) is 0 Å². The summed E-state index contributed by atoms with van der Waals surface area (Å²) < 4.78 is 2.13. The van der Waals surface area contributed by atoms with Gasteiger partial charge in [0.05, 0.1) is 5.69 Å². The standard InChI is InChI=1S/C11H14N2O/c14-11-10-7-8-3-1-2-4-9(8)13(10)6-5-12-11/h5-7,11-12,14H,1-4H2. The molecule has 2 N–H and O–H groups in total. The van der Waals surface area contributed by atoms with E-state index in [9.17, 15) is 5.11 Å². The lowest BCUT2D eigenvalue weighted by atomic mass is 9.98. The van der Waals surface area contributed by atoms with E-state index >= 15 is 0 Å². The van der Waals surface area contributed by atoms with Crippen molar-refractivity contribution in [3.05, 3.63) is 29.2 Å². The van der Waals surface area contributed by atoms with Crippen LogP contribution in [0.5, 0.6) is 0 Å². The van der Waals surface area contributed by atoms with Crippen LogP contribution in [0.4, 0.5) is 0 Å². The second kappa shape index (κ2) is 2.89. The Morgan fingerprint density at radius 2 is 2.21 bits per heavy atom. The molecule has 3 rings (SSSR count). The normalized spacial score (nSPS) is 23.9. The summed E-state index contributed by atoms with van der Waals surface area (Å²) >= 11 is 0. The summed E-state index contributed by atoms with van der Waals surface area (Å²) in [6, 6.07) is 2.13. The van der Waals surface area contributed by atoms with E-state index in [2.05, 4.69) is 16.0 Å². The number of aryl methyl sites for hydroxylation is 1. The maximum atomic E-state index is 9.73. The smallest absolute Gasteiger partial charge is 0.166 e. The number of hydrogen-bond donors (Lipinski definition) is 2. The lowest BCUT2D eigenvalue weighted by molar-refractivity contribution is 0.147. The van der Waals surface area contributed by atoms with E-state index in [1.165, 1.54) is 24.1 Å². The van der Waals surface area contributed by atoms with E-state index in [0.29, 0.717) is 0 Å². The molecule has 1 atom stereocenters. The number of aromatic nitrogens is 1. The summed E-state index contributed by atoms with van der Waals surface area (Å²) in [5.74, 6) is 0. The number of hydrogen-bond acceptors (Lipinski definition) is 2. The molecule has 0 fully saturated rings. The highest BCUT2D eigenvalue weighted by molar-refractivity contribution is 5.42. The van der Waals surface area contributed by atoms with Crippen LogP contribution in [-0.2, 0) is 12.8 Å². The topological polar surface area (TPSA) is 37.2 Å². The molecule has 3 nitrogen and oxygen atoms in total. The molecule has 0 aromatic carbocycles.